The van der Waals surface area contributed by atoms with Crippen molar-refractivity contribution in [3.05, 3.63) is 57.4 Å². The predicted octanol–water partition coefficient (Wildman–Crippen LogP) is 4.33. The molecule has 0 aliphatic heterocycles. The standard InChI is InChI=1S/C18H21N5OS/c1-10-5-7-14(8-6-10)9-15-11(2)19-18(25-15)21-17(24)20-16-12(3)22-23-13(16)4/h5-8H,9H2,1-4H3,(H,22,23)(H2,19,20,21,24). The van der Waals surface area contributed by atoms with Crippen LogP contribution in [0.4, 0.5) is 15.6 Å². The summed E-state index contributed by atoms with van der Waals surface area (Å²) in [4.78, 5) is 17.8. The number of aromatic amines is 1. The van der Waals surface area contributed by atoms with Crippen LogP contribution >= 0.6 is 11.3 Å². The van der Waals surface area contributed by atoms with Crippen molar-refractivity contribution in [3.8, 4) is 0 Å². The van der Waals surface area contributed by atoms with E-state index in [1.807, 2.05) is 20.8 Å². The molecule has 6 nitrogen and oxygen atoms in total. The van der Waals surface area contributed by atoms with Crippen LogP contribution in [0, 0.1) is 27.7 Å². The molecule has 0 spiro atoms. The van der Waals surface area contributed by atoms with E-state index in [0.29, 0.717) is 10.8 Å². The van der Waals surface area contributed by atoms with Crippen LogP contribution < -0.4 is 10.6 Å². The largest absolute Gasteiger partial charge is 0.325 e. The number of urea groups is 1. The molecule has 3 rings (SSSR count). The van der Waals surface area contributed by atoms with Crippen molar-refractivity contribution in [3.63, 3.8) is 0 Å². The summed E-state index contributed by atoms with van der Waals surface area (Å²) in [5.41, 5.74) is 5.69. The van der Waals surface area contributed by atoms with Gasteiger partial charge in [-0.05, 0) is 33.3 Å². The molecule has 0 saturated heterocycles. The van der Waals surface area contributed by atoms with Crippen molar-refractivity contribution in [2.24, 2.45) is 0 Å². The first kappa shape index (κ1) is 17.2. The molecule has 0 bridgehead atoms. The number of aromatic nitrogens is 3. The van der Waals surface area contributed by atoms with Crippen molar-refractivity contribution >= 4 is 28.2 Å². The Morgan fingerprint density at radius 3 is 2.44 bits per heavy atom. The third kappa shape index (κ3) is 4.06. The molecule has 2 aromatic heterocycles. The fourth-order valence-corrected chi connectivity index (χ4v) is 3.51. The maximum atomic E-state index is 12.2. The van der Waals surface area contributed by atoms with Crippen molar-refractivity contribution in [2.45, 2.75) is 34.1 Å². The molecule has 0 aliphatic carbocycles. The van der Waals surface area contributed by atoms with E-state index in [1.54, 1.807) is 0 Å². The van der Waals surface area contributed by atoms with E-state index in [4.69, 9.17) is 0 Å². The zero-order chi connectivity index (χ0) is 18.0. The number of nitrogens with one attached hydrogen (secondary N) is 3. The second-order valence-corrected chi connectivity index (χ2v) is 7.16. The summed E-state index contributed by atoms with van der Waals surface area (Å²) in [5, 5.41) is 13.1. The zero-order valence-electron chi connectivity index (χ0n) is 14.7. The molecular weight excluding hydrogens is 334 g/mol. The third-order valence-electron chi connectivity index (χ3n) is 3.97. The second-order valence-electron chi connectivity index (χ2n) is 6.08. The quantitative estimate of drug-likeness (QED) is 0.651. The zero-order valence-corrected chi connectivity index (χ0v) is 15.5. The number of carbonyl (C=O) groups excluding carboxylic acids is 1. The summed E-state index contributed by atoms with van der Waals surface area (Å²) in [5.74, 6) is 0. The van der Waals surface area contributed by atoms with Crippen LogP contribution in [0.5, 0.6) is 0 Å². The highest BCUT2D eigenvalue weighted by Gasteiger charge is 2.13. The fourth-order valence-electron chi connectivity index (χ4n) is 2.51. The molecule has 2 heterocycles. The van der Waals surface area contributed by atoms with Crippen LogP contribution in [0.25, 0.3) is 0 Å². The first-order valence-electron chi connectivity index (χ1n) is 8.04. The molecule has 3 N–H and O–H groups in total. The lowest BCUT2D eigenvalue weighted by Crippen LogP contribution is -2.20. The number of aryl methyl sites for hydroxylation is 4. The van der Waals surface area contributed by atoms with Crippen molar-refractivity contribution in [1.29, 1.82) is 0 Å². The molecule has 0 radical (unpaired) electrons. The maximum Gasteiger partial charge on any atom is 0.325 e. The number of H-pyrrole nitrogens is 1. The topological polar surface area (TPSA) is 82.7 Å². The van der Waals surface area contributed by atoms with E-state index >= 15 is 0 Å². The molecule has 7 heteroatoms. The Bertz CT molecular complexity index is 875. The van der Waals surface area contributed by atoms with E-state index in [9.17, 15) is 4.79 Å². The highest BCUT2D eigenvalue weighted by atomic mass is 32.1. The van der Waals surface area contributed by atoms with Gasteiger partial charge in [0, 0.05) is 11.3 Å². The number of amides is 2. The fraction of sp³-hybridized carbons (Fsp3) is 0.278. The highest BCUT2D eigenvalue weighted by Crippen LogP contribution is 2.26. The van der Waals surface area contributed by atoms with Crippen LogP contribution in [-0.4, -0.2) is 21.2 Å². The average molecular weight is 355 g/mol. The third-order valence-corrected chi connectivity index (χ3v) is 5.04. The highest BCUT2D eigenvalue weighted by molar-refractivity contribution is 7.15. The minimum Gasteiger partial charge on any atom is -0.304 e. The smallest absolute Gasteiger partial charge is 0.304 e. The van der Waals surface area contributed by atoms with Crippen molar-refractivity contribution < 1.29 is 4.79 Å². The minimum atomic E-state index is -0.316. The normalized spacial score (nSPS) is 10.7. The molecule has 130 valence electrons. The molecule has 0 saturated carbocycles. The Hall–Kier alpha value is -2.67. The number of hydrogen-bond acceptors (Lipinski definition) is 4. The Kier molecular flexibility index (Phi) is 4.85. The average Bonchev–Trinajstić information content (AvgIpc) is 3.06. The van der Waals surface area contributed by atoms with Gasteiger partial charge in [-0.3, -0.25) is 10.4 Å². The number of hydrogen-bond donors (Lipinski definition) is 3. The molecule has 25 heavy (non-hydrogen) atoms. The summed E-state index contributed by atoms with van der Waals surface area (Å²) in [6.45, 7) is 7.74. The molecule has 0 unspecified atom stereocenters. The first-order valence-corrected chi connectivity index (χ1v) is 8.85. The maximum absolute atomic E-state index is 12.2. The number of anilines is 2. The summed E-state index contributed by atoms with van der Waals surface area (Å²) >= 11 is 1.50. The summed E-state index contributed by atoms with van der Waals surface area (Å²) in [7, 11) is 0. The van der Waals surface area contributed by atoms with Gasteiger partial charge in [-0.15, -0.1) is 11.3 Å². The van der Waals surface area contributed by atoms with E-state index in [1.165, 1.54) is 22.5 Å². The van der Waals surface area contributed by atoms with Gasteiger partial charge in [-0.1, -0.05) is 29.8 Å². The van der Waals surface area contributed by atoms with Gasteiger partial charge in [-0.25, -0.2) is 9.78 Å². The van der Waals surface area contributed by atoms with Crippen LogP contribution in [0.15, 0.2) is 24.3 Å². The van der Waals surface area contributed by atoms with Gasteiger partial charge in [0.25, 0.3) is 0 Å². The Morgan fingerprint density at radius 1 is 1.08 bits per heavy atom. The van der Waals surface area contributed by atoms with Gasteiger partial charge < -0.3 is 5.32 Å². The minimum absolute atomic E-state index is 0.316. The van der Waals surface area contributed by atoms with E-state index in [2.05, 4.69) is 57.0 Å². The molecule has 0 fully saturated rings. The number of thiazole rings is 1. The lowest BCUT2D eigenvalue weighted by molar-refractivity contribution is 0.262. The first-order chi connectivity index (χ1) is 11.9. The summed E-state index contributed by atoms with van der Waals surface area (Å²) < 4.78 is 0. The second kappa shape index (κ2) is 7.06. The van der Waals surface area contributed by atoms with Gasteiger partial charge in [0.05, 0.1) is 22.8 Å². The van der Waals surface area contributed by atoms with Gasteiger partial charge in [-0.2, -0.15) is 5.10 Å². The van der Waals surface area contributed by atoms with E-state index in [-0.39, 0.29) is 6.03 Å². The summed E-state index contributed by atoms with van der Waals surface area (Å²) in [6.07, 6.45) is 0.813. The Labute approximate surface area is 150 Å². The Morgan fingerprint density at radius 2 is 1.80 bits per heavy atom. The van der Waals surface area contributed by atoms with Crippen LogP contribution in [0.3, 0.4) is 0 Å². The van der Waals surface area contributed by atoms with Gasteiger partial charge in [0.15, 0.2) is 5.13 Å². The molecule has 0 aliphatic rings. The number of nitrogens with zero attached hydrogens (tertiary/aromatic N) is 2. The van der Waals surface area contributed by atoms with Crippen LogP contribution in [-0.2, 0) is 6.42 Å². The molecule has 2 amide bonds. The van der Waals surface area contributed by atoms with E-state index < -0.39 is 0 Å². The number of benzene rings is 1. The molecular formula is C18H21N5OS. The summed E-state index contributed by atoms with van der Waals surface area (Å²) in [6, 6.07) is 8.14. The van der Waals surface area contributed by atoms with Crippen LogP contribution in [0.2, 0.25) is 0 Å². The van der Waals surface area contributed by atoms with Crippen molar-refractivity contribution in [2.75, 3.05) is 10.6 Å². The molecule has 3 aromatic rings. The SMILES string of the molecule is Cc1ccc(Cc2sc(NC(=O)Nc3c(C)n[nH]c3C)nc2C)cc1. The van der Waals surface area contributed by atoms with Gasteiger partial charge in [0.1, 0.15) is 0 Å². The van der Waals surface area contributed by atoms with Crippen molar-refractivity contribution in [1.82, 2.24) is 15.2 Å². The van der Waals surface area contributed by atoms with Crippen LogP contribution in [0.1, 0.15) is 33.1 Å². The Balaban J connectivity index is 1.67. The lowest BCUT2D eigenvalue weighted by Gasteiger charge is -2.05. The number of rotatable bonds is 4. The molecule has 0 atom stereocenters. The van der Waals surface area contributed by atoms with E-state index in [0.717, 1.165) is 28.4 Å². The monoisotopic (exact) mass is 355 g/mol. The van der Waals surface area contributed by atoms with Gasteiger partial charge in [0.2, 0.25) is 0 Å². The number of carbonyl (C=O) groups is 1. The van der Waals surface area contributed by atoms with Gasteiger partial charge >= 0.3 is 6.03 Å². The lowest BCUT2D eigenvalue weighted by atomic mass is 10.1. The predicted molar refractivity (Wildman–Crippen MR) is 102 cm³/mol. The molecule has 1 aromatic carbocycles.